The lowest BCUT2D eigenvalue weighted by Gasteiger charge is -2.14. The van der Waals surface area contributed by atoms with Crippen LogP contribution in [0.1, 0.15) is 51.3 Å². The van der Waals surface area contributed by atoms with Crippen LogP contribution in [0.25, 0.3) is 0 Å². The van der Waals surface area contributed by atoms with E-state index in [1.807, 2.05) is 52.0 Å². The lowest BCUT2D eigenvalue weighted by atomic mass is 10.0. The van der Waals surface area contributed by atoms with Gasteiger partial charge in [-0.3, -0.25) is 9.59 Å². The molecule has 150 valence electrons. The van der Waals surface area contributed by atoms with Crippen LogP contribution >= 0.6 is 0 Å². The first kappa shape index (κ1) is 20.3. The second kappa shape index (κ2) is 8.74. The minimum absolute atomic E-state index is 0.167. The lowest BCUT2D eigenvalue weighted by molar-refractivity contribution is -0.141. The van der Waals surface area contributed by atoms with Gasteiger partial charge in [-0.1, -0.05) is 18.2 Å². The van der Waals surface area contributed by atoms with Crippen LogP contribution < -0.4 is 0 Å². The molecule has 0 spiro atoms. The number of ether oxygens (including phenoxy) is 2. The second-order valence-corrected chi connectivity index (χ2v) is 7.71. The van der Waals surface area contributed by atoms with E-state index in [1.54, 1.807) is 0 Å². The maximum absolute atomic E-state index is 12.6. The van der Waals surface area contributed by atoms with Gasteiger partial charge in [0.15, 0.2) is 6.61 Å². The van der Waals surface area contributed by atoms with Crippen LogP contribution in [0.2, 0.25) is 0 Å². The Bertz CT molecular complexity index is 875. The number of ketones is 1. The fourth-order valence-corrected chi connectivity index (χ4v) is 3.71. The highest BCUT2D eigenvalue weighted by atomic mass is 16.5. The number of carbonyl (C=O) groups excluding carboxylic acids is 2. The maximum atomic E-state index is 12.6. The summed E-state index contributed by atoms with van der Waals surface area (Å²) >= 11 is 0. The van der Waals surface area contributed by atoms with Crippen LogP contribution in [0.3, 0.4) is 0 Å². The third-order valence-electron chi connectivity index (χ3n) is 5.57. The third-order valence-corrected chi connectivity index (χ3v) is 5.57. The number of benzene rings is 1. The first-order valence-electron chi connectivity index (χ1n) is 9.88. The Morgan fingerprint density at radius 1 is 1.14 bits per heavy atom. The zero-order valence-electron chi connectivity index (χ0n) is 17.2. The molecule has 2 heterocycles. The normalized spacial score (nSPS) is 16.4. The summed E-state index contributed by atoms with van der Waals surface area (Å²) in [6.07, 6.45) is 2.53. The Labute approximate surface area is 166 Å². The smallest absolute Gasteiger partial charge is 0.310 e. The summed E-state index contributed by atoms with van der Waals surface area (Å²) in [5, 5.41) is 0. The number of hydrogen-bond acceptors (Lipinski definition) is 4. The van der Waals surface area contributed by atoms with Crippen molar-refractivity contribution in [2.45, 2.75) is 59.6 Å². The molecule has 1 aromatic carbocycles. The lowest BCUT2D eigenvalue weighted by Crippen LogP contribution is -2.18. The molecule has 5 heteroatoms. The molecular weight excluding hydrogens is 354 g/mol. The van der Waals surface area contributed by atoms with Gasteiger partial charge in [-0.15, -0.1) is 0 Å². The second-order valence-electron chi connectivity index (χ2n) is 7.71. The average Bonchev–Trinajstić information content (AvgIpc) is 3.26. The first-order chi connectivity index (χ1) is 13.3. The summed E-state index contributed by atoms with van der Waals surface area (Å²) < 4.78 is 13.1. The zero-order chi connectivity index (χ0) is 20.3. The average molecular weight is 383 g/mol. The highest BCUT2D eigenvalue weighted by Crippen LogP contribution is 2.21. The largest absolute Gasteiger partial charge is 0.457 e. The van der Waals surface area contributed by atoms with Crippen molar-refractivity contribution in [1.29, 1.82) is 0 Å². The van der Waals surface area contributed by atoms with Crippen LogP contribution in [0.4, 0.5) is 0 Å². The van der Waals surface area contributed by atoms with E-state index in [9.17, 15) is 9.59 Å². The monoisotopic (exact) mass is 383 g/mol. The number of Topliss-reactive ketones (excluding diaryl/α,β-unsaturated/α-hetero) is 1. The predicted octanol–water partition coefficient (Wildman–Crippen LogP) is 3.87. The standard InChI is InChI=1S/C23H29NO4/c1-15-7-8-19(10-16(15)2)12-23(26)28-14-22(25)21-11-17(3)24(18(21)4)13-20-6-5-9-27-20/h7-8,10-11,20H,5-6,9,12-14H2,1-4H3/t20-/m0/s1. The Morgan fingerprint density at radius 3 is 2.61 bits per heavy atom. The SMILES string of the molecule is Cc1ccc(CC(=O)OCC(=O)c2cc(C)n(C[C@@H]3CCCO3)c2C)cc1C. The van der Waals surface area contributed by atoms with Gasteiger partial charge in [0, 0.05) is 30.1 Å². The molecule has 1 aliphatic heterocycles. The molecule has 0 radical (unpaired) electrons. The predicted molar refractivity (Wildman–Crippen MR) is 108 cm³/mol. The van der Waals surface area contributed by atoms with Crippen molar-refractivity contribution < 1.29 is 19.1 Å². The number of aryl methyl sites for hydroxylation is 3. The molecule has 2 aromatic rings. The van der Waals surface area contributed by atoms with Crippen molar-refractivity contribution in [2.75, 3.05) is 13.2 Å². The molecule has 0 N–H and O–H groups in total. The minimum atomic E-state index is -0.384. The molecule has 0 bridgehead atoms. The van der Waals surface area contributed by atoms with Gasteiger partial charge in [-0.2, -0.15) is 0 Å². The maximum Gasteiger partial charge on any atom is 0.310 e. The summed E-state index contributed by atoms with van der Waals surface area (Å²) in [6, 6.07) is 7.77. The van der Waals surface area contributed by atoms with E-state index in [4.69, 9.17) is 9.47 Å². The fourth-order valence-electron chi connectivity index (χ4n) is 3.71. The Morgan fingerprint density at radius 2 is 1.93 bits per heavy atom. The van der Waals surface area contributed by atoms with Crippen LogP contribution in [-0.4, -0.2) is 35.6 Å². The number of hydrogen-bond donors (Lipinski definition) is 0. The summed E-state index contributed by atoms with van der Waals surface area (Å²) in [5.74, 6) is -0.551. The molecule has 3 rings (SSSR count). The number of aromatic nitrogens is 1. The molecular formula is C23H29NO4. The summed E-state index contributed by atoms with van der Waals surface area (Å²) in [5.41, 5.74) is 5.77. The van der Waals surface area contributed by atoms with Crippen molar-refractivity contribution in [3.8, 4) is 0 Å². The molecule has 1 atom stereocenters. The van der Waals surface area contributed by atoms with Crippen molar-refractivity contribution >= 4 is 11.8 Å². The van der Waals surface area contributed by atoms with Gasteiger partial charge < -0.3 is 14.0 Å². The van der Waals surface area contributed by atoms with Gasteiger partial charge in [-0.25, -0.2) is 0 Å². The molecule has 5 nitrogen and oxygen atoms in total. The molecule has 28 heavy (non-hydrogen) atoms. The molecule has 0 amide bonds. The number of rotatable bonds is 7. The van der Waals surface area contributed by atoms with Crippen LogP contribution in [0, 0.1) is 27.7 Å². The minimum Gasteiger partial charge on any atom is -0.457 e. The molecule has 0 saturated carbocycles. The quantitative estimate of drug-likeness (QED) is 0.538. The van der Waals surface area contributed by atoms with Crippen molar-refractivity contribution in [2.24, 2.45) is 0 Å². The first-order valence-corrected chi connectivity index (χ1v) is 9.88. The number of carbonyl (C=O) groups is 2. The van der Waals surface area contributed by atoms with Crippen LogP contribution in [0.15, 0.2) is 24.3 Å². The summed E-state index contributed by atoms with van der Waals surface area (Å²) in [4.78, 5) is 24.7. The molecule has 0 unspecified atom stereocenters. The third kappa shape index (κ3) is 4.71. The van der Waals surface area contributed by atoms with Crippen molar-refractivity contribution in [3.63, 3.8) is 0 Å². The van der Waals surface area contributed by atoms with Crippen LogP contribution in [0.5, 0.6) is 0 Å². The highest BCUT2D eigenvalue weighted by Gasteiger charge is 2.21. The van der Waals surface area contributed by atoms with E-state index < -0.39 is 0 Å². The van der Waals surface area contributed by atoms with Crippen LogP contribution in [-0.2, 0) is 27.2 Å². The zero-order valence-corrected chi connectivity index (χ0v) is 17.2. The summed E-state index contributed by atoms with van der Waals surface area (Å²) in [7, 11) is 0. The molecule has 1 aromatic heterocycles. The van der Waals surface area contributed by atoms with Gasteiger partial charge in [-0.05, 0) is 63.3 Å². The Balaban J connectivity index is 1.58. The molecule has 1 aliphatic rings. The topological polar surface area (TPSA) is 57.5 Å². The van der Waals surface area contributed by atoms with Gasteiger partial charge in [0.1, 0.15) is 0 Å². The molecule has 1 fully saturated rings. The highest BCUT2D eigenvalue weighted by molar-refractivity contribution is 5.99. The molecule has 1 saturated heterocycles. The van der Waals surface area contributed by atoms with E-state index in [1.165, 1.54) is 5.56 Å². The summed E-state index contributed by atoms with van der Waals surface area (Å²) in [6.45, 7) is 9.32. The van der Waals surface area contributed by atoms with E-state index in [0.717, 1.165) is 48.5 Å². The molecule has 0 aliphatic carbocycles. The van der Waals surface area contributed by atoms with E-state index in [0.29, 0.717) is 5.56 Å². The van der Waals surface area contributed by atoms with Gasteiger partial charge in [0.2, 0.25) is 5.78 Å². The number of nitrogens with zero attached hydrogens (tertiary/aromatic N) is 1. The Hall–Kier alpha value is -2.40. The van der Waals surface area contributed by atoms with E-state index in [-0.39, 0.29) is 30.9 Å². The Kier molecular flexibility index (Phi) is 6.35. The van der Waals surface area contributed by atoms with E-state index in [2.05, 4.69) is 4.57 Å². The van der Waals surface area contributed by atoms with E-state index >= 15 is 0 Å². The fraction of sp³-hybridized carbons (Fsp3) is 0.478. The van der Waals surface area contributed by atoms with Crippen molar-refractivity contribution in [3.05, 3.63) is 57.9 Å². The van der Waals surface area contributed by atoms with Crippen molar-refractivity contribution in [1.82, 2.24) is 4.57 Å². The van der Waals surface area contributed by atoms with Gasteiger partial charge >= 0.3 is 5.97 Å². The van der Waals surface area contributed by atoms with Gasteiger partial charge in [0.05, 0.1) is 12.5 Å². The van der Waals surface area contributed by atoms with Gasteiger partial charge in [0.25, 0.3) is 0 Å². The number of esters is 1.